The summed E-state index contributed by atoms with van der Waals surface area (Å²) >= 11 is 0. The van der Waals surface area contributed by atoms with E-state index in [1.54, 1.807) is 4.68 Å². The van der Waals surface area contributed by atoms with Crippen LogP contribution >= 0.6 is 0 Å². The molecular weight excluding hydrogens is 344 g/mol. The predicted molar refractivity (Wildman–Crippen MR) is 114 cm³/mol. The van der Waals surface area contributed by atoms with Crippen molar-refractivity contribution in [2.45, 2.75) is 58.3 Å². The molecule has 0 N–H and O–H groups in total. The first-order chi connectivity index (χ1) is 13.2. The minimum absolute atomic E-state index is 0.149. The van der Waals surface area contributed by atoms with Gasteiger partial charge in [-0.25, -0.2) is 0 Å². The SMILES string of the molecule is C=C(c1cc2c(cc1C)C(C)(C)CCC2(C)C)n1nnnc1-c1ccccc1. The first-order valence-corrected chi connectivity index (χ1v) is 9.90. The van der Waals surface area contributed by atoms with Crippen molar-refractivity contribution in [2.75, 3.05) is 0 Å². The van der Waals surface area contributed by atoms with E-state index in [1.165, 1.54) is 29.5 Å². The first-order valence-electron chi connectivity index (χ1n) is 9.90. The standard InChI is InChI=1S/C24H28N4/c1-16-14-20-21(24(5,6)13-12-23(20,3)4)15-19(16)17(2)28-22(25-26-27-28)18-10-8-7-9-11-18/h7-11,14-15H,2,12-13H2,1,3-6H3. The Balaban J connectivity index is 1.84. The van der Waals surface area contributed by atoms with Crippen molar-refractivity contribution in [3.63, 3.8) is 0 Å². The summed E-state index contributed by atoms with van der Waals surface area (Å²) in [6, 6.07) is 14.7. The third-order valence-corrected chi connectivity index (χ3v) is 6.27. The second-order valence-corrected chi connectivity index (χ2v) is 9.21. The molecule has 0 unspecified atom stereocenters. The maximum absolute atomic E-state index is 4.37. The van der Waals surface area contributed by atoms with Gasteiger partial charge in [-0.3, -0.25) is 0 Å². The van der Waals surface area contributed by atoms with Gasteiger partial charge in [0, 0.05) is 11.1 Å². The van der Waals surface area contributed by atoms with Gasteiger partial charge in [-0.05, 0) is 63.8 Å². The normalized spacial score (nSPS) is 17.2. The Labute approximate surface area is 167 Å². The zero-order chi connectivity index (χ0) is 20.1. The van der Waals surface area contributed by atoms with Crippen molar-refractivity contribution < 1.29 is 0 Å². The molecular formula is C24H28N4. The van der Waals surface area contributed by atoms with E-state index in [9.17, 15) is 0 Å². The number of nitrogens with zero attached hydrogens (tertiary/aromatic N) is 4. The van der Waals surface area contributed by atoms with Gasteiger partial charge >= 0.3 is 0 Å². The smallest absolute Gasteiger partial charge is 0.187 e. The largest absolute Gasteiger partial charge is 0.193 e. The molecule has 0 aliphatic heterocycles. The maximum Gasteiger partial charge on any atom is 0.187 e. The van der Waals surface area contributed by atoms with Crippen molar-refractivity contribution in [3.05, 3.63) is 71.3 Å². The van der Waals surface area contributed by atoms with Crippen LogP contribution < -0.4 is 0 Å². The third kappa shape index (κ3) is 2.97. The Kier molecular flexibility index (Phi) is 4.25. The summed E-state index contributed by atoms with van der Waals surface area (Å²) in [5.74, 6) is 0.710. The molecule has 4 rings (SSSR count). The number of hydrogen-bond acceptors (Lipinski definition) is 3. The van der Waals surface area contributed by atoms with Crippen LogP contribution in [0.25, 0.3) is 17.1 Å². The zero-order valence-corrected chi connectivity index (χ0v) is 17.5. The molecule has 4 nitrogen and oxygen atoms in total. The summed E-state index contributed by atoms with van der Waals surface area (Å²) in [7, 11) is 0. The Morgan fingerprint density at radius 2 is 1.57 bits per heavy atom. The lowest BCUT2D eigenvalue weighted by Crippen LogP contribution is -2.34. The molecule has 2 aromatic carbocycles. The highest BCUT2D eigenvalue weighted by Crippen LogP contribution is 2.47. The molecule has 0 fully saturated rings. The van der Waals surface area contributed by atoms with E-state index in [0.717, 1.165) is 16.8 Å². The molecule has 1 aliphatic rings. The van der Waals surface area contributed by atoms with Crippen LogP contribution in [0.3, 0.4) is 0 Å². The lowest BCUT2D eigenvalue weighted by Gasteiger charge is -2.42. The van der Waals surface area contributed by atoms with Crippen LogP contribution in [0.4, 0.5) is 0 Å². The Morgan fingerprint density at radius 1 is 0.964 bits per heavy atom. The highest BCUT2D eigenvalue weighted by molar-refractivity contribution is 5.72. The topological polar surface area (TPSA) is 43.6 Å². The molecule has 0 atom stereocenters. The summed E-state index contributed by atoms with van der Waals surface area (Å²) in [6.45, 7) is 15.9. The second-order valence-electron chi connectivity index (χ2n) is 9.21. The monoisotopic (exact) mass is 372 g/mol. The Morgan fingerprint density at radius 3 is 2.21 bits per heavy atom. The third-order valence-electron chi connectivity index (χ3n) is 6.27. The van der Waals surface area contributed by atoms with Gasteiger partial charge in [0.25, 0.3) is 0 Å². The van der Waals surface area contributed by atoms with Crippen molar-refractivity contribution in [1.82, 2.24) is 20.2 Å². The molecule has 0 saturated carbocycles. The van der Waals surface area contributed by atoms with Gasteiger partial charge in [-0.2, -0.15) is 4.68 Å². The molecule has 0 amide bonds. The molecule has 1 aromatic heterocycles. The molecule has 3 aromatic rings. The highest BCUT2D eigenvalue weighted by atomic mass is 15.5. The van der Waals surface area contributed by atoms with Gasteiger partial charge in [0.15, 0.2) is 5.82 Å². The minimum atomic E-state index is 0.149. The van der Waals surface area contributed by atoms with Gasteiger partial charge in [-0.1, -0.05) is 70.7 Å². The van der Waals surface area contributed by atoms with E-state index >= 15 is 0 Å². The Bertz CT molecular complexity index is 1040. The van der Waals surface area contributed by atoms with Crippen LogP contribution in [0.1, 0.15) is 62.8 Å². The molecule has 0 bridgehead atoms. The quantitative estimate of drug-likeness (QED) is 0.608. The number of aromatic nitrogens is 4. The number of rotatable bonds is 3. The summed E-state index contributed by atoms with van der Waals surface area (Å²) in [5.41, 5.74) is 7.32. The number of tetrazole rings is 1. The van der Waals surface area contributed by atoms with E-state index < -0.39 is 0 Å². The molecule has 1 heterocycles. The number of fused-ring (bicyclic) bond motifs is 1. The summed E-state index contributed by atoms with van der Waals surface area (Å²) in [5, 5.41) is 12.4. The van der Waals surface area contributed by atoms with Crippen molar-refractivity contribution >= 4 is 5.70 Å². The fourth-order valence-corrected chi connectivity index (χ4v) is 4.28. The van der Waals surface area contributed by atoms with Crippen LogP contribution in [-0.2, 0) is 10.8 Å². The molecule has 28 heavy (non-hydrogen) atoms. The van der Waals surface area contributed by atoms with E-state index in [4.69, 9.17) is 0 Å². The predicted octanol–water partition coefficient (Wildman–Crippen LogP) is 5.52. The van der Waals surface area contributed by atoms with Gasteiger partial charge in [0.05, 0.1) is 5.70 Å². The number of benzene rings is 2. The zero-order valence-electron chi connectivity index (χ0n) is 17.5. The van der Waals surface area contributed by atoms with E-state index in [1.807, 2.05) is 30.3 Å². The van der Waals surface area contributed by atoms with Crippen LogP contribution in [0.5, 0.6) is 0 Å². The number of hydrogen-bond donors (Lipinski definition) is 0. The van der Waals surface area contributed by atoms with Gasteiger partial charge in [0.1, 0.15) is 0 Å². The molecule has 0 radical (unpaired) electrons. The lowest BCUT2D eigenvalue weighted by atomic mass is 9.62. The van der Waals surface area contributed by atoms with E-state index in [0.29, 0.717) is 5.82 Å². The average molecular weight is 373 g/mol. The van der Waals surface area contributed by atoms with Crippen molar-refractivity contribution in [1.29, 1.82) is 0 Å². The van der Waals surface area contributed by atoms with Crippen LogP contribution in [0, 0.1) is 6.92 Å². The van der Waals surface area contributed by atoms with Gasteiger partial charge in [-0.15, -0.1) is 5.10 Å². The summed E-state index contributed by atoms with van der Waals surface area (Å²) < 4.78 is 1.75. The second kappa shape index (κ2) is 6.40. The van der Waals surface area contributed by atoms with E-state index in [-0.39, 0.29) is 10.8 Å². The van der Waals surface area contributed by atoms with E-state index in [2.05, 4.69) is 68.9 Å². The average Bonchev–Trinajstić information content (AvgIpc) is 3.15. The van der Waals surface area contributed by atoms with Crippen molar-refractivity contribution in [2.24, 2.45) is 0 Å². The first kappa shape index (κ1) is 18.6. The van der Waals surface area contributed by atoms with Crippen molar-refractivity contribution in [3.8, 4) is 11.4 Å². The minimum Gasteiger partial charge on any atom is -0.193 e. The summed E-state index contributed by atoms with van der Waals surface area (Å²) in [4.78, 5) is 0. The fraction of sp³-hybridized carbons (Fsp3) is 0.375. The molecule has 0 spiro atoms. The van der Waals surface area contributed by atoms with Crippen LogP contribution in [0.2, 0.25) is 0 Å². The Hall–Kier alpha value is -2.75. The highest BCUT2D eigenvalue weighted by Gasteiger charge is 2.37. The molecule has 4 heteroatoms. The van der Waals surface area contributed by atoms with Gasteiger partial charge < -0.3 is 0 Å². The molecule has 144 valence electrons. The molecule has 0 saturated heterocycles. The summed E-state index contributed by atoms with van der Waals surface area (Å²) in [6.07, 6.45) is 2.39. The van der Waals surface area contributed by atoms with Crippen LogP contribution in [0.15, 0.2) is 49.0 Å². The fourth-order valence-electron chi connectivity index (χ4n) is 4.28. The molecule has 1 aliphatic carbocycles. The number of aryl methyl sites for hydroxylation is 1. The van der Waals surface area contributed by atoms with Crippen LogP contribution in [-0.4, -0.2) is 20.2 Å². The maximum atomic E-state index is 4.37. The van der Waals surface area contributed by atoms with Gasteiger partial charge in [0.2, 0.25) is 0 Å². The lowest BCUT2D eigenvalue weighted by molar-refractivity contribution is 0.331.